The maximum atomic E-state index is 12.5. The monoisotopic (exact) mass is 505 g/mol. The highest BCUT2D eigenvalue weighted by Gasteiger charge is 2.34. The summed E-state index contributed by atoms with van der Waals surface area (Å²) in [5.41, 5.74) is 0.993. The summed E-state index contributed by atoms with van der Waals surface area (Å²) in [6.45, 7) is 6.03. The van der Waals surface area contributed by atoms with E-state index in [2.05, 4.69) is 15.3 Å². The molecule has 1 saturated heterocycles. The van der Waals surface area contributed by atoms with Crippen LogP contribution in [-0.4, -0.2) is 66.7 Å². The molecule has 0 spiro atoms. The lowest BCUT2D eigenvalue weighted by Crippen LogP contribution is -2.39. The number of nitrogens with one attached hydrogen (secondary N) is 1. The van der Waals surface area contributed by atoms with Crippen molar-refractivity contribution in [3.8, 4) is 0 Å². The number of alkyl halides is 3. The Kier molecular flexibility index (Phi) is 9.59. The second-order valence-electron chi connectivity index (χ2n) is 6.41. The van der Waals surface area contributed by atoms with E-state index >= 15 is 0 Å². The summed E-state index contributed by atoms with van der Waals surface area (Å²) in [5, 5.41) is 6.30. The van der Waals surface area contributed by atoms with Crippen LogP contribution in [-0.2, 0) is 6.54 Å². The molecule has 1 fully saturated rings. The van der Waals surface area contributed by atoms with Crippen molar-refractivity contribution in [1.29, 1.82) is 0 Å². The third-order valence-electron chi connectivity index (χ3n) is 4.03. The van der Waals surface area contributed by atoms with E-state index in [9.17, 15) is 13.2 Å². The van der Waals surface area contributed by atoms with Crippen molar-refractivity contribution in [3.63, 3.8) is 0 Å². The molecule has 1 aliphatic heterocycles. The number of nitrogens with zero attached hydrogens (tertiary/aromatic N) is 4. The quantitative estimate of drug-likeness (QED) is 0.366. The molecule has 150 valence electrons. The first kappa shape index (κ1) is 23.4. The molecule has 0 aliphatic carbocycles. The number of thiazole rings is 1. The lowest BCUT2D eigenvalue weighted by molar-refractivity contribution is -0.143. The predicted molar refractivity (Wildman–Crippen MR) is 110 cm³/mol. The topological polar surface area (TPSA) is 43.8 Å². The van der Waals surface area contributed by atoms with Gasteiger partial charge >= 0.3 is 6.18 Å². The van der Waals surface area contributed by atoms with Crippen molar-refractivity contribution >= 4 is 41.3 Å². The average Bonchev–Trinajstić information content (AvgIpc) is 3.10. The van der Waals surface area contributed by atoms with Gasteiger partial charge < -0.3 is 10.2 Å². The van der Waals surface area contributed by atoms with Crippen molar-refractivity contribution in [2.45, 2.75) is 33.0 Å². The highest BCUT2D eigenvalue weighted by atomic mass is 127. The van der Waals surface area contributed by atoms with Crippen LogP contribution in [0.4, 0.5) is 13.2 Å². The second kappa shape index (κ2) is 10.6. The highest BCUT2D eigenvalue weighted by Crippen LogP contribution is 2.23. The van der Waals surface area contributed by atoms with Crippen LogP contribution >= 0.6 is 35.3 Å². The molecule has 1 atom stereocenters. The predicted octanol–water partition coefficient (Wildman–Crippen LogP) is 3.35. The first-order valence-electron chi connectivity index (χ1n) is 8.46. The standard InChI is InChI=1S/C16H26F3N5S.HI/c1-4-20-15(23(3)9-14-10-25-12(2)22-14)21-7-13-5-6-24(8-13)11-16(17,18)19;/h10,13H,4-9,11H2,1-3H3,(H,20,21);1H. The van der Waals surface area contributed by atoms with Gasteiger partial charge in [0.2, 0.25) is 0 Å². The summed E-state index contributed by atoms with van der Waals surface area (Å²) in [5.74, 6) is 0.938. The smallest absolute Gasteiger partial charge is 0.357 e. The fourth-order valence-electron chi connectivity index (χ4n) is 2.94. The molecular weight excluding hydrogens is 478 g/mol. The van der Waals surface area contributed by atoms with Gasteiger partial charge in [-0.05, 0) is 32.7 Å². The van der Waals surface area contributed by atoms with Gasteiger partial charge in [0.15, 0.2) is 5.96 Å². The van der Waals surface area contributed by atoms with E-state index in [1.165, 1.54) is 4.90 Å². The van der Waals surface area contributed by atoms with E-state index in [1.807, 2.05) is 31.2 Å². The van der Waals surface area contributed by atoms with Crippen LogP contribution in [0.5, 0.6) is 0 Å². The highest BCUT2D eigenvalue weighted by molar-refractivity contribution is 14.0. The third-order valence-corrected chi connectivity index (χ3v) is 4.86. The number of guanidine groups is 1. The van der Waals surface area contributed by atoms with Gasteiger partial charge in [0, 0.05) is 32.1 Å². The molecule has 10 heteroatoms. The molecule has 0 bridgehead atoms. The van der Waals surface area contributed by atoms with Gasteiger partial charge in [-0.2, -0.15) is 13.2 Å². The van der Waals surface area contributed by atoms with Gasteiger partial charge in [0.25, 0.3) is 0 Å². The Morgan fingerprint density at radius 3 is 2.81 bits per heavy atom. The average molecular weight is 505 g/mol. The maximum Gasteiger partial charge on any atom is 0.401 e. The summed E-state index contributed by atoms with van der Waals surface area (Å²) in [4.78, 5) is 12.6. The summed E-state index contributed by atoms with van der Waals surface area (Å²) in [6.07, 6.45) is -3.37. The first-order valence-corrected chi connectivity index (χ1v) is 9.34. The van der Waals surface area contributed by atoms with Crippen molar-refractivity contribution in [3.05, 3.63) is 16.1 Å². The fourth-order valence-corrected chi connectivity index (χ4v) is 3.55. The molecule has 2 rings (SSSR count). The van der Waals surface area contributed by atoms with E-state index in [0.717, 1.165) is 29.6 Å². The normalized spacial score (nSPS) is 18.7. The first-order chi connectivity index (χ1) is 11.8. The minimum absolute atomic E-state index is 0. The number of rotatable bonds is 6. The summed E-state index contributed by atoms with van der Waals surface area (Å²) < 4.78 is 37.4. The number of hydrogen-bond acceptors (Lipinski definition) is 4. The molecule has 1 unspecified atom stereocenters. The second-order valence-corrected chi connectivity index (χ2v) is 7.48. The van der Waals surface area contributed by atoms with E-state index < -0.39 is 12.7 Å². The minimum atomic E-state index is -4.13. The SMILES string of the molecule is CCNC(=NCC1CCN(CC(F)(F)F)C1)N(C)Cc1csc(C)n1.I. The van der Waals surface area contributed by atoms with Crippen molar-refractivity contribution in [2.75, 3.05) is 39.8 Å². The van der Waals surface area contributed by atoms with Crippen LogP contribution in [0.3, 0.4) is 0 Å². The number of likely N-dealkylation sites (tertiary alicyclic amines) is 1. The zero-order valence-corrected chi connectivity index (χ0v) is 18.5. The third kappa shape index (κ3) is 7.95. The molecule has 0 radical (unpaired) electrons. The van der Waals surface area contributed by atoms with E-state index in [1.54, 1.807) is 11.3 Å². The molecule has 0 amide bonds. The van der Waals surface area contributed by atoms with Crippen LogP contribution in [0.25, 0.3) is 0 Å². The number of aromatic nitrogens is 1. The Hall–Kier alpha value is -0.620. The maximum absolute atomic E-state index is 12.5. The zero-order valence-electron chi connectivity index (χ0n) is 15.3. The van der Waals surface area contributed by atoms with E-state index in [-0.39, 0.29) is 29.9 Å². The largest absolute Gasteiger partial charge is 0.401 e. The van der Waals surface area contributed by atoms with Crippen LogP contribution < -0.4 is 5.32 Å². The van der Waals surface area contributed by atoms with Gasteiger partial charge in [-0.3, -0.25) is 9.89 Å². The lowest BCUT2D eigenvalue weighted by Gasteiger charge is -2.22. The van der Waals surface area contributed by atoms with Crippen LogP contribution in [0.1, 0.15) is 24.0 Å². The molecule has 0 aromatic carbocycles. The number of halogens is 4. The number of hydrogen-bond donors (Lipinski definition) is 1. The van der Waals surface area contributed by atoms with Crippen molar-refractivity contribution < 1.29 is 13.2 Å². The Morgan fingerprint density at radius 1 is 1.50 bits per heavy atom. The lowest BCUT2D eigenvalue weighted by atomic mass is 10.1. The number of aryl methyl sites for hydroxylation is 1. The van der Waals surface area contributed by atoms with Gasteiger partial charge in [0.05, 0.1) is 23.8 Å². The van der Waals surface area contributed by atoms with Crippen LogP contribution in [0.2, 0.25) is 0 Å². The fraction of sp³-hybridized carbons (Fsp3) is 0.750. The Morgan fingerprint density at radius 2 is 2.23 bits per heavy atom. The minimum Gasteiger partial charge on any atom is -0.357 e. The molecule has 1 N–H and O–H groups in total. The Balaban J connectivity index is 0.00000338. The van der Waals surface area contributed by atoms with E-state index in [4.69, 9.17) is 0 Å². The van der Waals surface area contributed by atoms with Gasteiger partial charge in [-0.1, -0.05) is 0 Å². The molecule has 1 aliphatic rings. The number of aliphatic imine (C=N–C) groups is 1. The van der Waals surface area contributed by atoms with Crippen molar-refractivity contribution in [2.24, 2.45) is 10.9 Å². The van der Waals surface area contributed by atoms with Gasteiger partial charge in [0.1, 0.15) is 0 Å². The Labute approximate surface area is 174 Å². The molecule has 2 heterocycles. The molecule has 26 heavy (non-hydrogen) atoms. The van der Waals surface area contributed by atoms with Crippen LogP contribution in [0.15, 0.2) is 10.4 Å². The molecule has 1 aromatic heterocycles. The van der Waals surface area contributed by atoms with Crippen LogP contribution in [0, 0.1) is 12.8 Å². The molecule has 0 saturated carbocycles. The van der Waals surface area contributed by atoms with Gasteiger partial charge in [-0.25, -0.2) is 4.98 Å². The zero-order chi connectivity index (χ0) is 18.4. The summed E-state index contributed by atoms with van der Waals surface area (Å²) in [7, 11) is 1.95. The Bertz CT molecular complexity index is 578. The summed E-state index contributed by atoms with van der Waals surface area (Å²) in [6, 6.07) is 0. The van der Waals surface area contributed by atoms with Crippen molar-refractivity contribution in [1.82, 2.24) is 20.1 Å². The van der Waals surface area contributed by atoms with Gasteiger partial charge in [-0.15, -0.1) is 35.3 Å². The van der Waals surface area contributed by atoms with E-state index in [0.29, 0.717) is 26.2 Å². The molecular formula is C16H27F3IN5S. The summed E-state index contributed by atoms with van der Waals surface area (Å²) >= 11 is 1.61. The molecule has 5 nitrogen and oxygen atoms in total. The molecule has 1 aromatic rings.